The lowest BCUT2D eigenvalue weighted by molar-refractivity contribution is 0.673. The van der Waals surface area contributed by atoms with Crippen molar-refractivity contribution in [2.45, 2.75) is 37.0 Å². The standard InChI is InChI=1S/C14H18N4S/c1-3-7-15-9-12-4-5-13(17-10-12)19-14-16-8-6-11(2)18-14/h4-6,8,10,15H,3,7,9H2,1-2H3. The van der Waals surface area contributed by atoms with E-state index in [9.17, 15) is 0 Å². The molecule has 0 aliphatic carbocycles. The maximum atomic E-state index is 4.43. The molecule has 5 heteroatoms. The lowest BCUT2D eigenvalue weighted by Gasteiger charge is -2.04. The van der Waals surface area contributed by atoms with Crippen molar-refractivity contribution < 1.29 is 0 Å². The van der Waals surface area contributed by atoms with E-state index < -0.39 is 0 Å². The highest BCUT2D eigenvalue weighted by Crippen LogP contribution is 2.22. The van der Waals surface area contributed by atoms with Crippen LogP contribution in [0.25, 0.3) is 0 Å². The lowest BCUT2D eigenvalue weighted by atomic mass is 10.3. The zero-order valence-electron chi connectivity index (χ0n) is 11.3. The Kier molecular flexibility index (Phi) is 5.30. The third-order valence-electron chi connectivity index (χ3n) is 2.52. The molecule has 0 bridgehead atoms. The third-order valence-corrected chi connectivity index (χ3v) is 3.35. The Balaban J connectivity index is 1.95. The van der Waals surface area contributed by atoms with Gasteiger partial charge in [0.1, 0.15) is 5.03 Å². The summed E-state index contributed by atoms with van der Waals surface area (Å²) in [6.07, 6.45) is 4.82. The van der Waals surface area contributed by atoms with Crippen LogP contribution >= 0.6 is 11.8 Å². The van der Waals surface area contributed by atoms with Crippen molar-refractivity contribution in [1.82, 2.24) is 20.3 Å². The zero-order valence-corrected chi connectivity index (χ0v) is 12.1. The molecule has 2 aromatic rings. The molecule has 0 aromatic carbocycles. The summed E-state index contributed by atoms with van der Waals surface area (Å²) in [5.41, 5.74) is 2.17. The van der Waals surface area contributed by atoms with Crippen LogP contribution in [0.3, 0.4) is 0 Å². The van der Waals surface area contributed by atoms with Gasteiger partial charge in [0.15, 0.2) is 5.16 Å². The van der Waals surface area contributed by atoms with Crippen molar-refractivity contribution in [3.8, 4) is 0 Å². The van der Waals surface area contributed by atoms with Gasteiger partial charge in [-0.3, -0.25) is 0 Å². The van der Waals surface area contributed by atoms with Crippen LogP contribution in [0.5, 0.6) is 0 Å². The van der Waals surface area contributed by atoms with Gasteiger partial charge in [-0.1, -0.05) is 13.0 Å². The summed E-state index contributed by atoms with van der Waals surface area (Å²) in [4.78, 5) is 13.0. The maximum Gasteiger partial charge on any atom is 0.194 e. The molecule has 4 nitrogen and oxygen atoms in total. The third kappa shape index (κ3) is 4.61. The smallest absolute Gasteiger partial charge is 0.194 e. The maximum absolute atomic E-state index is 4.43. The number of aromatic nitrogens is 3. The molecule has 2 aromatic heterocycles. The highest BCUT2D eigenvalue weighted by Gasteiger charge is 2.02. The van der Waals surface area contributed by atoms with Crippen molar-refractivity contribution in [2.75, 3.05) is 6.54 Å². The van der Waals surface area contributed by atoms with E-state index in [1.165, 1.54) is 17.3 Å². The summed E-state index contributed by atoms with van der Waals surface area (Å²) in [6.45, 7) is 6.02. The number of hydrogen-bond acceptors (Lipinski definition) is 5. The second-order valence-corrected chi connectivity index (χ2v) is 5.25. The lowest BCUT2D eigenvalue weighted by Crippen LogP contribution is -2.13. The largest absolute Gasteiger partial charge is 0.313 e. The fourth-order valence-corrected chi connectivity index (χ4v) is 2.29. The first-order chi connectivity index (χ1) is 9.28. The fourth-order valence-electron chi connectivity index (χ4n) is 1.55. The van der Waals surface area contributed by atoms with Gasteiger partial charge >= 0.3 is 0 Å². The molecule has 0 unspecified atom stereocenters. The van der Waals surface area contributed by atoms with Gasteiger partial charge in [0, 0.05) is 24.6 Å². The van der Waals surface area contributed by atoms with Crippen LogP contribution in [0.4, 0.5) is 0 Å². The Morgan fingerprint density at radius 2 is 2.11 bits per heavy atom. The molecule has 2 heterocycles. The number of pyridine rings is 1. The number of nitrogens with zero attached hydrogens (tertiary/aromatic N) is 3. The first-order valence-corrected chi connectivity index (χ1v) is 7.22. The predicted octanol–water partition coefficient (Wildman–Crippen LogP) is 2.83. The van der Waals surface area contributed by atoms with Crippen LogP contribution in [0.1, 0.15) is 24.6 Å². The average molecular weight is 274 g/mol. The fraction of sp³-hybridized carbons (Fsp3) is 0.357. The molecule has 0 aliphatic rings. The van der Waals surface area contributed by atoms with Gasteiger partial charge in [0.2, 0.25) is 0 Å². The normalized spacial score (nSPS) is 10.6. The molecule has 2 rings (SSSR count). The van der Waals surface area contributed by atoms with E-state index in [-0.39, 0.29) is 0 Å². The predicted molar refractivity (Wildman–Crippen MR) is 77.1 cm³/mol. The van der Waals surface area contributed by atoms with Gasteiger partial charge in [0.25, 0.3) is 0 Å². The van der Waals surface area contributed by atoms with Crippen LogP contribution < -0.4 is 5.32 Å². The van der Waals surface area contributed by atoms with Gasteiger partial charge in [-0.2, -0.15) is 0 Å². The van der Waals surface area contributed by atoms with Crippen LogP contribution in [0.2, 0.25) is 0 Å². The molecule has 0 amide bonds. The molecule has 19 heavy (non-hydrogen) atoms. The number of rotatable bonds is 6. The van der Waals surface area contributed by atoms with Crippen LogP contribution in [0.15, 0.2) is 40.8 Å². The SMILES string of the molecule is CCCNCc1ccc(Sc2nccc(C)n2)nc1. The second-order valence-electron chi connectivity index (χ2n) is 4.26. The van der Waals surface area contributed by atoms with Gasteiger partial charge in [0.05, 0.1) is 0 Å². The van der Waals surface area contributed by atoms with E-state index >= 15 is 0 Å². The van der Waals surface area contributed by atoms with E-state index in [1.807, 2.05) is 25.3 Å². The molecule has 0 saturated heterocycles. The summed E-state index contributed by atoms with van der Waals surface area (Å²) < 4.78 is 0. The van der Waals surface area contributed by atoms with Crippen LogP contribution in [0, 0.1) is 6.92 Å². The first-order valence-electron chi connectivity index (χ1n) is 6.41. The number of hydrogen-bond donors (Lipinski definition) is 1. The van der Waals surface area contributed by atoms with E-state index in [1.54, 1.807) is 6.20 Å². The molecular formula is C14H18N4S. The first kappa shape index (κ1) is 14.0. The topological polar surface area (TPSA) is 50.7 Å². The Morgan fingerprint density at radius 1 is 1.21 bits per heavy atom. The highest BCUT2D eigenvalue weighted by atomic mass is 32.2. The van der Waals surface area contributed by atoms with Crippen molar-refractivity contribution in [3.05, 3.63) is 41.9 Å². The highest BCUT2D eigenvalue weighted by molar-refractivity contribution is 7.99. The summed E-state index contributed by atoms with van der Waals surface area (Å²) in [6, 6.07) is 5.99. The van der Waals surface area contributed by atoms with E-state index in [4.69, 9.17) is 0 Å². The average Bonchev–Trinajstić information content (AvgIpc) is 2.41. The molecule has 1 N–H and O–H groups in total. The van der Waals surface area contributed by atoms with Gasteiger partial charge in [-0.25, -0.2) is 15.0 Å². The van der Waals surface area contributed by atoms with E-state index in [0.29, 0.717) is 0 Å². The molecule has 0 aliphatic heterocycles. The Labute approximate surface area is 118 Å². The van der Waals surface area contributed by atoms with Crippen LogP contribution in [-0.2, 0) is 6.54 Å². The second kappa shape index (κ2) is 7.21. The Hall–Kier alpha value is -1.46. The molecule has 0 spiro atoms. The molecule has 0 radical (unpaired) electrons. The van der Waals surface area contributed by atoms with Crippen LogP contribution in [-0.4, -0.2) is 21.5 Å². The quantitative estimate of drug-likeness (QED) is 0.648. The molecule has 0 fully saturated rings. The van der Waals surface area contributed by atoms with E-state index in [2.05, 4.69) is 33.3 Å². The van der Waals surface area contributed by atoms with Crippen molar-refractivity contribution in [3.63, 3.8) is 0 Å². The molecular weight excluding hydrogens is 256 g/mol. The monoisotopic (exact) mass is 274 g/mol. The molecule has 100 valence electrons. The van der Waals surface area contributed by atoms with Crippen molar-refractivity contribution >= 4 is 11.8 Å². The van der Waals surface area contributed by atoms with Gasteiger partial charge < -0.3 is 5.32 Å². The summed E-state index contributed by atoms with van der Waals surface area (Å²) >= 11 is 1.49. The minimum atomic E-state index is 0.740. The van der Waals surface area contributed by atoms with Crippen molar-refractivity contribution in [1.29, 1.82) is 0 Å². The van der Waals surface area contributed by atoms with Gasteiger partial charge in [-0.05, 0) is 49.3 Å². The van der Waals surface area contributed by atoms with Crippen molar-refractivity contribution in [2.24, 2.45) is 0 Å². The van der Waals surface area contributed by atoms with Gasteiger partial charge in [-0.15, -0.1) is 0 Å². The number of aryl methyl sites for hydroxylation is 1. The number of nitrogens with one attached hydrogen (secondary N) is 1. The zero-order chi connectivity index (χ0) is 13.5. The summed E-state index contributed by atoms with van der Waals surface area (Å²) in [5.74, 6) is 0. The Bertz CT molecular complexity index is 513. The summed E-state index contributed by atoms with van der Waals surface area (Å²) in [5, 5.41) is 5.02. The van der Waals surface area contributed by atoms with E-state index in [0.717, 1.165) is 35.4 Å². The minimum Gasteiger partial charge on any atom is -0.313 e. The molecule has 0 atom stereocenters. The molecule has 0 saturated carbocycles. The Morgan fingerprint density at radius 3 is 2.79 bits per heavy atom. The minimum absolute atomic E-state index is 0.740. The summed E-state index contributed by atoms with van der Waals surface area (Å²) in [7, 11) is 0.